The van der Waals surface area contributed by atoms with Crippen molar-refractivity contribution in [3.63, 3.8) is 0 Å². The van der Waals surface area contributed by atoms with Crippen molar-refractivity contribution in [2.24, 2.45) is 5.41 Å². The van der Waals surface area contributed by atoms with E-state index < -0.39 is 0 Å². The van der Waals surface area contributed by atoms with E-state index in [1.54, 1.807) is 18.2 Å². The van der Waals surface area contributed by atoms with Crippen LogP contribution in [0, 0.1) is 5.41 Å². The van der Waals surface area contributed by atoms with Crippen LogP contribution in [0.4, 0.5) is 0 Å². The van der Waals surface area contributed by atoms with Crippen LogP contribution in [-0.4, -0.2) is 11.1 Å². The first-order valence-corrected chi connectivity index (χ1v) is 7.03. The van der Waals surface area contributed by atoms with Crippen molar-refractivity contribution in [1.82, 2.24) is 0 Å². The lowest BCUT2D eigenvalue weighted by Crippen LogP contribution is -2.15. The number of aromatic hydroxyl groups is 1. The molecule has 0 atom stereocenters. The molecule has 0 unspecified atom stereocenters. The van der Waals surface area contributed by atoms with E-state index in [2.05, 4.69) is 20.8 Å². The molecule has 112 valence electrons. The van der Waals surface area contributed by atoms with Gasteiger partial charge in [-0.1, -0.05) is 41.5 Å². The first-order chi connectivity index (χ1) is 8.99. The van der Waals surface area contributed by atoms with Gasteiger partial charge in [-0.15, -0.1) is 0 Å². The fraction of sp³-hybridized carbons (Fsp3) is 0.588. The Balaban J connectivity index is 2.77. The molecule has 0 spiro atoms. The highest BCUT2D eigenvalue weighted by Crippen LogP contribution is 2.33. The molecule has 3 heteroatoms. The van der Waals surface area contributed by atoms with Crippen LogP contribution < -0.4 is 4.74 Å². The third-order valence-electron chi connectivity index (χ3n) is 3.09. The van der Waals surface area contributed by atoms with Gasteiger partial charge >= 0.3 is 5.97 Å². The van der Waals surface area contributed by atoms with E-state index in [1.165, 1.54) is 0 Å². The molecule has 0 heterocycles. The largest absolute Gasteiger partial charge is 0.508 e. The van der Waals surface area contributed by atoms with Gasteiger partial charge in [-0.25, -0.2) is 0 Å². The maximum absolute atomic E-state index is 11.8. The number of ether oxygens (including phenoxy) is 1. The molecule has 0 aliphatic heterocycles. The molecule has 0 aliphatic carbocycles. The number of hydrogen-bond acceptors (Lipinski definition) is 3. The molecule has 0 aliphatic rings. The highest BCUT2D eigenvalue weighted by molar-refractivity contribution is 5.72. The Morgan fingerprint density at radius 2 is 1.75 bits per heavy atom. The highest BCUT2D eigenvalue weighted by Gasteiger charge is 2.20. The summed E-state index contributed by atoms with van der Waals surface area (Å²) in [6, 6.07) is 4.94. The predicted molar refractivity (Wildman–Crippen MR) is 81.1 cm³/mol. The third kappa shape index (κ3) is 5.24. The van der Waals surface area contributed by atoms with E-state index in [-0.39, 0.29) is 22.5 Å². The zero-order chi connectivity index (χ0) is 15.6. The number of esters is 1. The molecule has 0 radical (unpaired) electrons. The van der Waals surface area contributed by atoms with Gasteiger partial charge in [-0.2, -0.15) is 0 Å². The van der Waals surface area contributed by atoms with Gasteiger partial charge in [0.15, 0.2) is 0 Å². The van der Waals surface area contributed by atoms with Gasteiger partial charge in [0, 0.05) is 12.0 Å². The minimum absolute atomic E-state index is 0.116. The van der Waals surface area contributed by atoms with E-state index in [4.69, 9.17) is 4.74 Å². The van der Waals surface area contributed by atoms with E-state index in [0.29, 0.717) is 12.2 Å². The summed E-state index contributed by atoms with van der Waals surface area (Å²) in [7, 11) is 0. The summed E-state index contributed by atoms with van der Waals surface area (Å²) in [4.78, 5) is 11.8. The van der Waals surface area contributed by atoms with Crippen molar-refractivity contribution in [1.29, 1.82) is 0 Å². The summed E-state index contributed by atoms with van der Waals surface area (Å²) in [5.41, 5.74) is 0.696. The average molecular weight is 278 g/mol. The average Bonchev–Trinajstić information content (AvgIpc) is 2.27. The van der Waals surface area contributed by atoms with Crippen LogP contribution in [0.3, 0.4) is 0 Å². The van der Waals surface area contributed by atoms with Crippen LogP contribution >= 0.6 is 0 Å². The van der Waals surface area contributed by atoms with Gasteiger partial charge in [0.1, 0.15) is 11.5 Å². The van der Waals surface area contributed by atoms with Gasteiger partial charge in [0.2, 0.25) is 0 Å². The lowest BCUT2D eigenvalue weighted by molar-refractivity contribution is -0.134. The first-order valence-electron chi connectivity index (χ1n) is 7.03. The third-order valence-corrected chi connectivity index (χ3v) is 3.09. The van der Waals surface area contributed by atoms with Crippen LogP contribution in [0.2, 0.25) is 0 Å². The van der Waals surface area contributed by atoms with Gasteiger partial charge in [-0.05, 0) is 35.4 Å². The lowest BCUT2D eigenvalue weighted by Gasteiger charge is -2.21. The molecule has 3 nitrogen and oxygen atoms in total. The van der Waals surface area contributed by atoms with Crippen LogP contribution in [0.15, 0.2) is 18.2 Å². The van der Waals surface area contributed by atoms with Gasteiger partial charge in [-0.3, -0.25) is 4.79 Å². The van der Waals surface area contributed by atoms with Crippen molar-refractivity contribution in [2.45, 2.75) is 59.8 Å². The smallest absolute Gasteiger partial charge is 0.311 e. The van der Waals surface area contributed by atoms with Crippen molar-refractivity contribution >= 4 is 5.97 Å². The van der Waals surface area contributed by atoms with Gasteiger partial charge in [0.25, 0.3) is 0 Å². The topological polar surface area (TPSA) is 46.5 Å². The molecule has 1 N–H and O–H groups in total. The summed E-state index contributed by atoms with van der Waals surface area (Å²) in [5.74, 6) is 0.490. The Hall–Kier alpha value is -1.51. The summed E-state index contributed by atoms with van der Waals surface area (Å²) in [6.07, 6.45) is 1.19. The van der Waals surface area contributed by atoms with Crippen molar-refractivity contribution in [3.05, 3.63) is 23.8 Å². The SMILES string of the molecule is CC(C)(C)CCC(=O)Oc1ccc(O)c(C(C)(C)C)c1. The molecule has 1 aromatic rings. The number of carbonyl (C=O) groups is 1. The van der Waals surface area contributed by atoms with E-state index in [9.17, 15) is 9.90 Å². The second kappa shape index (κ2) is 5.86. The zero-order valence-corrected chi connectivity index (χ0v) is 13.4. The monoisotopic (exact) mass is 278 g/mol. The fourth-order valence-electron chi connectivity index (χ4n) is 1.84. The molecule has 0 saturated heterocycles. The van der Waals surface area contributed by atoms with Crippen molar-refractivity contribution in [3.8, 4) is 11.5 Å². The second-order valence-electron chi connectivity index (χ2n) is 7.46. The van der Waals surface area contributed by atoms with Crippen LogP contribution in [0.1, 0.15) is 59.9 Å². The van der Waals surface area contributed by atoms with Crippen LogP contribution in [-0.2, 0) is 10.2 Å². The minimum Gasteiger partial charge on any atom is -0.508 e. The predicted octanol–water partition coefficient (Wildman–Crippen LogP) is 4.42. The molecule has 0 aromatic heterocycles. The van der Waals surface area contributed by atoms with Crippen molar-refractivity contribution in [2.75, 3.05) is 0 Å². The zero-order valence-electron chi connectivity index (χ0n) is 13.4. The molecule has 0 bridgehead atoms. The molecular weight excluding hydrogens is 252 g/mol. The van der Waals surface area contributed by atoms with E-state index >= 15 is 0 Å². The summed E-state index contributed by atoms with van der Waals surface area (Å²) in [5, 5.41) is 9.87. The fourth-order valence-corrected chi connectivity index (χ4v) is 1.84. The number of rotatable bonds is 3. The van der Waals surface area contributed by atoms with Crippen LogP contribution in [0.5, 0.6) is 11.5 Å². The Labute approximate surface area is 122 Å². The highest BCUT2D eigenvalue weighted by atomic mass is 16.5. The number of carbonyl (C=O) groups excluding carboxylic acids is 1. The summed E-state index contributed by atoms with van der Waals surface area (Å²) in [6.45, 7) is 12.3. The van der Waals surface area contributed by atoms with Crippen molar-refractivity contribution < 1.29 is 14.6 Å². The molecular formula is C17H26O3. The molecule has 0 amide bonds. The first kappa shape index (κ1) is 16.5. The lowest BCUT2D eigenvalue weighted by atomic mass is 9.86. The number of hydrogen-bond donors (Lipinski definition) is 1. The van der Waals surface area contributed by atoms with E-state index in [1.807, 2.05) is 20.8 Å². The summed E-state index contributed by atoms with van der Waals surface area (Å²) >= 11 is 0. The Morgan fingerprint density at radius 3 is 2.25 bits per heavy atom. The number of benzene rings is 1. The normalized spacial score (nSPS) is 12.3. The molecule has 0 saturated carbocycles. The molecule has 0 fully saturated rings. The maximum Gasteiger partial charge on any atom is 0.311 e. The quantitative estimate of drug-likeness (QED) is 0.657. The maximum atomic E-state index is 11.8. The summed E-state index contributed by atoms with van der Waals surface area (Å²) < 4.78 is 5.35. The Bertz CT molecular complexity index is 476. The van der Waals surface area contributed by atoms with Gasteiger partial charge in [0.05, 0.1) is 0 Å². The molecule has 20 heavy (non-hydrogen) atoms. The minimum atomic E-state index is -0.231. The molecule has 1 rings (SSSR count). The number of phenols is 1. The number of phenolic OH excluding ortho intramolecular Hbond substituents is 1. The van der Waals surface area contributed by atoms with E-state index in [0.717, 1.165) is 12.0 Å². The van der Waals surface area contributed by atoms with Gasteiger partial charge < -0.3 is 9.84 Å². The Morgan fingerprint density at radius 1 is 1.15 bits per heavy atom. The second-order valence-corrected chi connectivity index (χ2v) is 7.46. The van der Waals surface area contributed by atoms with Crippen LogP contribution in [0.25, 0.3) is 0 Å². The standard InChI is InChI=1S/C17H26O3/c1-16(2,3)10-9-15(19)20-12-7-8-14(18)13(11-12)17(4,5)6/h7-8,11,18H,9-10H2,1-6H3. The Kier molecular flexibility index (Phi) is 4.85. The molecule has 1 aromatic carbocycles.